The summed E-state index contributed by atoms with van der Waals surface area (Å²) in [4.78, 5) is 22.6. The van der Waals surface area contributed by atoms with Gasteiger partial charge < -0.3 is 25.4 Å². The molecule has 7 nitrogen and oxygen atoms in total. The highest BCUT2D eigenvalue weighted by Crippen LogP contribution is 2.47. The van der Waals surface area contributed by atoms with E-state index in [4.69, 9.17) is 20.3 Å². The number of carboxylic acids is 2. The topological polar surface area (TPSA) is 119 Å². The molecule has 1 saturated carbocycles. The molecule has 0 amide bonds. The van der Waals surface area contributed by atoms with Gasteiger partial charge in [0, 0.05) is 5.92 Å². The third-order valence-corrected chi connectivity index (χ3v) is 4.46. The monoisotopic (exact) mass is 323 g/mol. The molecule has 2 rings (SSSR count). The van der Waals surface area contributed by atoms with Crippen LogP contribution in [0.2, 0.25) is 0 Å². The Kier molecular flexibility index (Phi) is 4.79. The summed E-state index contributed by atoms with van der Waals surface area (Å²) in [6, 6.07) is 5.34. The molecule has 126 valence electrons. The van der Waals surface area contributed by atoms with Crippen molar-refractivity contribution in [3.8, 4) is 11.5 Å². The average Bonchev–Trinajstić information content (AvgIpc) is 3.33. The van der Waals surface area contributed by atoms with Crippen LogP contribution in [0.15, 0.2) is 18.2 Å². The minimum Gasteiger partial charge on any atom is -0.493 e. The predicted molar refractivity (Wildman–Crippen MR) is 81.7 cm³/mol. The van der Waals surface area contributed by atoms with Crippen molar-refractivity contribution in [2.75, 3.05) is 14.2 Å². The number of aliphatic carboxylic acids is 2. The van der Waals surface area contributed by atoms with Crippen LogP contribution in [0, 0.1) is 11.8 Å². The molecule has 1 aliphatic rings. The molecule has 23 heavy (non-hydrogen) atoms. The second-order valence-corrected chi connectivity index (χ2v) is 5.79. The number of methoxy groups -OCH3 is 2. The minimum absolute atomic E-state index is 0.125. The molecule has 1 aliphatic carbocycles. The van der Waals surface area contributed by atoms with Crippen LogP contribution in [0.4, 0.5) is 0 Å². The van der Waals surface area contributed by atoms with E-state index < -0.39 is 29.3 Å². The Bertz CT molecular complexity index is 617. The number of benzene rings is 1. The summed E-state index contributed by atoms with van der Waals surface area (Å²) in [6.45, 7) is 0. The molecule has 3 atom stereocenters. The van der Waals surface area contributed by atoms with Gasteiger partial charge in [0.15, 0.2) is 11.5 Å². The van der Waals surface area contributed by atoms with Gasteiger partial charge in [0.25, 0.3) is 0 Å². The molecular weight excluding hydrogens is 302 g/mol. The SMILES string of the molecule is COc1cccc(CC[C@](N)(C(=O)O)C2C[C@@H]2C(=O)O)c1OC. The van der Waals surface area contributed by atoms with Crippen molar-refractivity contribution < 1.29 is 29.3 Å². The molecular formula is C16H21NO6. The Morgan fingerprint density at radius 1 is 1.30 bits per heavy atom. The lowest BCUT2D eigenvalue weighted by molar-refractivity contribution is -0.145. The van der Waals surface area contributed by atoms with Crippen LogP contribution >= 0.6 is 0 Å². The van der Waals surface area contributed by atoms with Crippen LogP contribution in [-0.4, -0.2) is 41.9 Å². The predicted octanol–water partition coefficient (Wildman–Crippen LogP) is 1.14. The number of rotatable bonds is 8. The number of carboxylic acid groups (broad SMARTS) is 2. The zero-order valence-corrected chi connectivity index (χ0v) is 13.1. The fraction of sp³-hybridized carbons (Fsp3) is 0.500. The van der Waals surface area contributed by atoms with E-state index in [1.807, 2.05) is 6.07 Å². The van der Waals surface area contributed by atoms with Gasteiger partial charge in [0.05, 0.1) is 20.1 Å². The molecule has 0 radical (unpaired) electrons. The van der Waals surface area contributed by atoms with Crippen molar-refractivity contribution in [3.63, 3.8) is 0 Å². The number of ether oxygens (including phenoxy) is 2. The van der Waals surface area contributed by atoms with Gasteiger partial charge in [-0.1, -0.05) is 12.1 Å². The molecule has 0 heterocycles. The van der Waals surface area contributed by atoms with Gasteiger partial charge >= 0.3 is 11.9 Å². The number of aryl methyl sites for hydroxylation is 1. The van der Waals surface area contributed by atoms with Gasteiger partial charge in [-0.15, -0.1) is 0 Å². The standard InChI is InChI=1S/C16H21NO6/c1-22-12-5-3-4-9(13(12)23-2)6-7-16(17,15(20)21)11-8-10(11)14(18)19/h3-5,10-11H,6-8,17H2,1-2H3,(H,18,19)(H,20,21)/t10-,11?,16+/m0/s1. The molecule has 7 heteroatoms. The molecule has 0 aliphatic heterocycles. The van der Waals surface area contributed by atoms with Crippen LogP contribution in [0.1, 0.15) is 18.4 Å². The van der Waals surface area contributed by atoms with Crippen molar-refractivity contribution in [2.24, 2.45) is 17.6 Å². The third kappa shape index (κ3) is 3.24. The van der Waals surface area contributed by atoms with Gasteiger partial charge in [0.2, 0.25) is 0 Å². The molecule has 0 bridgehead atoms. The zero-order valence-electron chi connectivity index (χ0n) is 13.1. The second kappa shape index (κ2) is 6.45. The summed E-state index contributed by atoms with van der Waals surface area (Å²) < 4.78 is 10.5. The van der Waals surface area contributed by atoms with E-state index in [1.165, 1.54) is 14.2 Å². The quantitative estimate of drug-likeness (QED) is 0.656. The number of para-hydroxylation sites is 1. The van der Waals surface area contributed by atoms with Crippen LogP contribution in [0.25, 0.3) is 0 Å². The lowest BCUT2D eigenvalue weighted by Crippen LogP contribution is -2.51. The van der Waals surface area contributed by atoms with E-state index in [-0.39, 0.29) is 6.42 Å². The Balaban J connectivity index is 2.18. The Morgan fingerprint density at radius 3 is 2.48 bits per heavy atom. The Morgan fingerprint density at radius 2 is 2.00 bits per heavy atom. The molecule has 4 N–H and O–H groups in total. The third-order valence-electron chi connectivity index (χ3n) is 4.46. The summed E-state index contributed by atoms with van der Waals surface area (Å²) in [7, 11) is 3.03. The molecule has 1 fully saturated rings. The number of hydrogen-bond acceptors (Lipinski definition) is 5. The van der Waals surface area contributed by atoms with E-state index in [0.717, 1.165) is 5.56 Å². The largest absolute Gasteiger partial charge is 0.493 e. The molecule has 0 spiro atoms. The van der Waals surface area contributed by atoms with Crippen LogP contribution in [0.3, 0.4) is 0 Å². The highest BCUT2D eigenvalue weighted by atomic mass is 16.5. The minimum atomic E-state index is -1.56. The first-order valence-corrected chi connectivity index (χ1v) is 7.30. The maximum atomic E-state index is 11.6. The summed E-state index contributed by atoms with van der Waals surface area (Å²) in [6.07, 6.45) is 0.777. The van der Waals surface area contributed by atoms with Gasteiger partial charge in [-0.05, 0) is 30.9 Å². The van der Waals surface area contributed by atoms with Crippen molar-refractivity contribution in [2.45, 2.75) is 24.8 Å². The van der Waals surface area contributed by atoms with E-state index in [0.29, 0.717) is 24.3 Å². The normalized spacial score (nSPS) is 22.0. The maximum Gasteiger partial charge on any atom is 0.324 e. The van der Waals surface area contributed by atoms with Crippen LogP contribution < -0.4 is 15.2 Å². The summed E-state index contributed by atoms with van der Waals surface area (Å²) >= 11 is 0. The smallest absolute Gasteiger partial charge is 0.324 e. The summed E-state index contributed by atoms with van der Waals surface area (Å²) in [5, 5.41) is 18.5. The Hall–Kier alpha value is -2.28. The van der Waals surface area contributed by atoms with E-state index in [9.17, 15) is 14.7 Å². The van der Waals surface area contributed by atoms with Gasteiger partial charge in [-0.2, -0.15) is 0 Å². The van der Waals surface area contributed by atoms with Gasteiger partial charge in [-0.25, -0.2) is 0 Å². The molecule has 1 unspecified atom stereocenters. The van der Waals surface area contributed by atoms with Gasteiger partial charge in [0.1, 0.15) is 5.54 Å². The van der Waals surface area contributed by atoms with E-state index in [1.54, 1.807) is 12.1 Å². The van der Waals surface area contributed by atoms with Crippen molar-refractivity contribution in [3.05, 3.63) is 23.8 Å². The van der Waals surface area contributed by atoms with Crippen LogP contribution in [0.5, 0.6) is 11.5 Å². The second-order valence-electron chi connectivity index (χ2n) is 5.79. The molecule has 0 aromatic heterocycles. The van der Waals surface area contributed by atoms with E-state index in [2.05, 4.69) is 0 Å². The Labute approximate surface area is 134 Å². The highest BCUT2D eigenvalue weighted by molar-refractivity contribution is 5.83. The highest BCUT2D eigenvalue weighted by Gasteiger charge is 2.58. The molecule has 1 aromatic rings. The zero-order chi connectivity index (χ0) is 17.2. The first-order chi connectivity index (χ1) is 10.8. The lowest BCUT2D eigenvalue weighted by Gasteiger charge is -2.25. The fourth-order valence-corrected chi connectivity index (χ4v) is 2.98. The maximum absolute atomic E-state index is 11.6. The lowest BCUT2D eigenvalue weighted by atomic mass is 9.86. The summed E-state index contributed by atoms with van der Waals surface area (Å²) in [5.74, 6) is -2.30. The number of hydrogen-bond donors (Lipinski definition) is 3. The molecule has 1 aromatic carbocycles. The number of carbonyl (C=O) groups is 2. The number of nitrogens with two attached hydrogens (primary N) is 1. The van der Waals surface area contributed by atoms with Crippen LogP contribution in [-0.2, 0) is 16.0 Å². The first-order valence-electron chi connectivity index (χ1n) is 7.30. The van der Waals surface area contributed by atoms with Crippen molar-refractivity contribution in [1.29, 1.82) is 0 Å². The first kappa shape index (κ1) is 17.1. The average molecular weight is 323 g/mol. The summed E-state index contributed by atoms with van der Waals surface area (Å²) in [5.41, 5.74) is 5.26. The van der Waals surface area contributed by atoms with E-state index >= 15 is 0 Å². The van der Waals surface area contributed by atoms with Gasteiger partial charge in [-0.3, -0.25) is 9.59 Å². The van der Waals surface area contributed by atoms with Crippen molar-refractivity contribution in [1.82, 2.24) is 0 Å². The molecule has 0 saturated heterocycles. The van der Waals surface area contributed by atoms with Crippen molar-refractivity contribution >= 4 is 11.9 Å². The fourth-order valence-electron chi connectivity index (χ4n) is 2.98.